The van der Waals surface area contributed by atoms with Crippen molar-refractivity contribution in [2.45, 2.75) is 71.1 Å². The van der Waals surface area contributed by atoms with Gasteiger partial charge < -0.3 is 10.2 Å². The fraction of sp³-hybridized carbons (Fsp3) is 0.667. The molecule has 170 valence electrons. The molecule has 2 aromatic heterocycles. The molecular weight excluding hydrogens is 409 g/mol. The van der Waals surface area contributed by atoms with E-state index in [0.717, 1.165) is 21.6 Å². The maximum absolute atomic E-state index is 13.7. The molecule has 0 radical (unpaired) electrons. The Morgan fingerprint density at radius 3 is 2.68 bits per heavy atom. The number of anilines is 1. The number of fused-ring (bicyclic) bond motifs is 1. The van der Waals surface area contributed by atoms with Crippen LogP contribution < -0.4 is 5.32 Å². The highest BCUT2D eigenvalue weighted by Gasteiger charge is 2.47. The number of nitrogens with one attached hydrogen (secondary N) is 2. The molecule has 1 fully saturated rings. The minimum Gasteiger partial charge on any atom is -0.367 e. The van der Waals surface area contributed by atoms with Gasteiger partial charge in [0.25, 0.3) is 0 Å². The number of aromatic amines is 1. The lowest BCUT2D eigenvalue weighted by Gasteiger charge is -2.35. The summed E-state index contributed by atoms with van der Waals surface area (Å²) in [7, 11) is 0. The highest BCUT2D eigenvalue weighted by Crippen LogP contribution is 2.42. The van der Waals surface area contributed by atoms with Crippen LogP contribution in [0, 0.1) is 19.8 Å². The van der Waals surface area contributed by atoms with Gasteiger partial charge in [0, 0.05) is 42.4 Å². The molecule has 0 saturated carbocycles. The first-order valence-electron chi connectivity index (χ1n) is 10.8. The van der Waals surface area contributed by atoms with Crippen molar-refractivity contribution >= 4 is 11.7 Å². The van der Waals surface area contributed by atoms with Gasteiger partial charge in [-0.15, -0.1) is 0 Å². The molecule has 4 rings (SSSR count). The number of halogens is 3. The Kier molecular flexibility index (Phi) is 5.51. The summed E-state index contributed by atoms with van der Waals surface area (Å²) < 4.78 is 42.2. The molecule has 2 aromatic rings. The van der Waals surface area contributed by atoms with E-state index >= 15 is 0 Å². The highest BCUT2D eigenvalue weighted by atomic mass is 19.4. The Balaban J connectivity index is 1.50. The Labute approximate surface area is 179 Å². The highest BCUT2D eigenvalue weighted by molar-refractivity contribution is 5.79. The van der Waals surface area contributed by atoms with Crippen LogP contribution in [-0.2, 0) is 11.2 Å². The summed E-state index contributed by atoms with van der Waals surface area (Å²) in [5, 5.41) is 14.6. The first-order valence-corrected chi connectivity index (χ1v) is 10.8. The minimum atomic E-state index is -4.36. The fourth-order valence-corrected chi connectivity index (χ4v) is 4.58. The molecule has 1 amide bonds. The van der Waals surface area contributed by atoms with Crippen LogP contribution in [0.15, 0.2) is 6.07 Å². The van der Waals surface area contributed by atoms with Crippen LogP contribution in [0.3, 0.4) is 0 Å². The van der Waals surface area contributed by atoms with Gasteiger partial charge in [-0.25, -0.2) is 4.68 Å². The number of nitrogens with zero attached hydrogens (tertiary/aromatic N) is 4. The molecule has 3 atom stereocenters. The van der Waals surface area contributed by atoms with E-state index in [4.69, 9.17) is 0 Å². The normalized spacial score (nSPS) is 23.9. The zero-order chi connectivity index (χ0) is 22.5. The third-order valence-electron chi connectivity index (χ3n) is 6.61. The Bertz CT molecular complexity index is 943. The molecule has 2 N–H and O–H groups in total. The average Bonchev–Trinajstić information content (AvgIpc) is 3.40. The van der Waals surface area contributed by atoms with Crippen molar-refractivity contribution < 1.29 is 18.0 Å². The van der Waals surface area contributed by atoms with Gasteiger partial charge in [-0.2, -0.15) is 23.4 Å². The summed E-state index contributed by atoms with van der Waals surface area (Å²) in [6, 6.07) is -0.154. The minimum absolute atomic E-state index is 0.00485. The Hall–Kier alpha value is -2.52. The second kappa shape index (κ2) is 7.87. The molecule has 2 aliphatic heterocycles. The smallest absolute Gasteiger partial charge is 0.367 e. The quantitative estimate of drug-likeness (QED) is 0.763. The van der Waals surface area contributed by atoms with Crippen LogP contribution in [0.25, 0.3) is 0 Å². The van der Waals surface area contributed by atoms with Crippen molar-refractivity contribution in [1.82, 2.24) is 24.9 Å². The number of aromatic nitrogens is 4. The second-order valence-electron chi connectivity index (χ2n) is 9.10. The maximum atomic E-state index is 13.7. The molecule has 0 aliphatic carbocycles. The van der Waals surface area contributed by atoms with Crippen LogP contribution in [0.2, 0.25) is 0 Å². The van der Waals surface area contributed by atoms with Gasteiger partial charge in [0.05, 0.1) is 17.8 Å². The standard InChI is InChI=1S/C21H29F3N6O/c1-11(2)16-8-18(21(22,23)24)30-19(25-16)9-17(28-30)14-5-6-29(10-14)20(31)7-15-12(3)26-27-13(15)4/h9,11,14,16,18,25H,5-8,10H2,1-4H3,(H,26,27)/t14?,16-,18+/m0/s1. The van der Waals surface area contributed by atoms with Gasteiger partial charge in [0.1, 0.15) is 5.82 Å². The second-order valence-corrected chi connectivity index (χ2v) is 9.10. The molecular formula is C21H29F3N6O. The number of hydrogen-bond acceptors (Lipinski definition) is 4. The fourth-order valence-electron chi connectivity index (χ4n) is 4.58. The van der Waals surface area contributed by atoms with Crippen LogP contribution >= 0.6 is 0 Å². The van der Waals surface area contributed by atoms with Crippen molar-refractivity contribution in [2.24, 2.45) is 5.92 Å². The van der Waals surface area contributed by atoms with E-state index in [1.165, 1.54) is 0 Å². The zero-order valence-corrected chi connectivity index (χ0v) is 18.3. The monoisotopic (exact) mass is 438 g/mol. The number of rotatable bonds is 4. The SMILES string of the molecule is Cc1n[nH]c(C)c1CC(=O)N1CCC(c2cc3n(n2)[C@@H](C(F)(F)F)C[C@@H](C(C)C)N3)C1. The molecule has 7 nitrogen and oxygen atoms in total. The van der Waals surface area contributed by atoms with E-state index in [2.05, 4.69) is 20.6 Å². The number of carbonyl (C=O) groups excluding carboxylic acids is 1. The number of aryl methyl sites for hydroxylation is 2. The molecule has 0 spiro atoms. The number of amides is 1. The average molecular weight is 438 g/mol. The first kappa shape index (κ1) is 21.7. The van der Waals surface area contributed by atoms with Crippen molar-refractivity contribution in [3.05, 3.63) is 28.7 Å². The van der Waals surface area contributed by atoms with Gasteiger partial charge in [0.2, 0.25) is 5.91 Å². The van der Waals surface area contributed by atoms with E-state index < -0.39 is 12.2 Å². The number of alkyl halides is 3. The van der Waals surface area contributed by atoms with Gasteiger partial charge in [-0.05, 0) is 32.6 Å². The third kappa shape index (κ3) is 4.16. The van der Waals surface area contributed by atoms with E-state index in [1.807, 2.05) is 27.7 Å². The largest absolute Gasteiger partial charge is 0.410 e. The molecule has 0 bridgehead atoms. The van der Waals surface area contributed by atoms with Gasteiger partial charge in [-0.1, -0.05) is 13.8 Å². The molecule has 10 heteroatoms. The summed E-state index contributed by atoms with van der Waals surface area (Å²) in [4.78, 5) is 14.6. The molecule has 2 aliphatic rings. The van der Waals surface area contributed by atoms with Crippen LogP contribution in [-0.4, -0.2) is 56.1 Å². The summed E-state index contributed by atoms with van der Waals surface area (Å²) in [6.07, 6.45) is -3.43. The Morgan fingerprint density at radius 1 is 1.32 bits per heavy atom. The lowest BCUT2D eigenvalue weighted by molar-refractivity contribution is -0.174. The number of carbonyl (C=O) groups is 1. The third-order valence-corrected chi connectivity index (χ3v) is 6.61. The Morgan fingerprint density at radius 2 is 2.06 bits per heavy atom. The maximum Gasteiger partial charge on any atom is 0.410 e. The topological polar surface area (TPSA) is 78.8 Å². The summed E-state index contributed by atoms with van der Waals surface area (Å²) >= 11 is 0. The van der Waals surface area contributed by atoms with Crippen LogP contribution in [0.1, 0.15) is 61.3 Å². The van der Waals surface area contributed by atoms with Crippen molar-refractivity contribution in [1.29, 1.82) is 0 Å². The molecule has 0 aromatic carbocycles. The summed E-state index contributed by atoms with van der Waals surface area (Å²) in [6.45, 7) is 8.63. The van der Waals surface area contributed by atoms with E-state index in [9.17, 15) is 18.0 Å². The van der Waals surface area contributed by atoms with Gasteiger partial charge in [-0.3, -0.25) is 9.89 Å². The molecule has 1 saturated heterocycles. The van der Waals surface area contributed by atoms with Gasteiger partial charge in [0.15, 0.2) is 6.04 Å². The summed E-state index contributed by atoms with van der Waals surface area (Å²) in [5.74, 6) is 0.426. The number of hydrogen-bond donors (Lipinski definition) is 2. The molecule has 4 heterocycles. The summed E-state index contributed by atoms with van der Waals surface area (Å²) in [5.41, 5.74) is 3.22. The van der Waals surface area contributed by atoms with Crippen molar-refractivity contribution in [3.8, 4) is 0 Å². The van der Waals surface area contributed by atoms with Crippen LogP contribution in [0.4, 0.5) is 19.0 Å². The van der Waals surface area contributed by atoms with E-state index in [-0.39, 0.29) is 36.6 Å². The lowest BCUT2D eigenvalue weighted by Crippen LogP contribution is -2.41. The van der Waals surface area contributed by atoms with Gasteiger partial charge >= 0.3 is 6.18 Å². The molecule has 1 unspecified atom stereocenters. The predicted octanol–water partition coefficient (Wildman–Crippen LogP) is 3.73. The van der Waals surface area contributed by atoms with E-state index in [0.29, 0.717) is 31.0 Å². The number of H-pyrrole nitrogens is 1. The van der Waals surface area contributed by atoms with Crippen molar-refractivity contribution in [2.75, 3.05) is 18.4 Å². The first-order chi connectivity index (χ1) is 14.5. The lowest BCUT2D eigenvalue weighted by atomic mass is 9.94. The predicted molar refractivity (Wildman–Crippen MR) is 110 cm³/mol. The van der Waals surface area contributed by atoms with E-state index in [1.54, 1.807) is 11.0 Å². The zero-order valence-electron chi connectivity index (χ0n) is 18.3. The molecule has 31 heavy (non-hydrogen) atoms. The van der Waals surface area contributed by atoms with Crippen molar-refractivity contribution in [3.63, 3.8) is 0 Å². The number of likely N-dealkylation sites (tertiary alicyclic amines) is 1. The van der Waals surface area contributed by atoms with Crippen LogP contribution in [0.5, 0.6) is 0 Å².